The molecule has 1 aliphatic carbocycles. The molecule has 4 rings (SSSR count). The van der Waals surface area contributed by atoms with Crippen molar-refractivity contribution in [3.8, 4) is 11.4 Å². The molecule has 0 saturated heterocycles. The molecule has 1 atom stereocenters. The molecule has 0 amide bonds. The number of carbonyl (C=O) groups excluding carboxylic acids is 1. The summed E-state index contributed by atoms with van der Waals surface area (Å²) >= 11 is 0. The molecule has 2 aromatic carbocycles. The van der Waals surface area contributed by atoms with E-state index in [0.29, 0.717) is 18.8 Å². The standard InChI is InChI=1S/C21H20N2O2/c1-14-4-9-19(21-18(24)12-15(2)20(14)21)25-13-16-5-7-17(8-6-16)23-11-3-10-22-23/h3-11,15H,12-13H2,1-2H3/t15-/m1/s1. The molecule has 1 heterocycles. The average molecular weight is 332 g/mol. The Morgan fingerprint density at radius 1 is 1.20 bits per heavy atom. The van der Waals surface area contributed by atoms with Crippen LogP contribution in [0.2, 0.25) is 0 Å². The van der Waals surface area contributed by atoms with E-state index in [9.17, 15) is 4.79 Å². The Labute approximate surface area is 147 Å². The Balaban J connectivity index is 1.54. The Kier molecular flexibility index (Phi) is 3.88. The van der Waals surface area contributed by atoms with Gasteiger partial charge in [0.1, 0.15) is 12.4 Å². The quantitative estimate of drug-likeness (QED) is 0.709. The van der Waals surface area contributed by atoms with E-state index in [1.807, 2.05) is 53.3 Å². The van der Waals surface area contributed by atoms with E-state index in [1.54, 1.807) is 6.20 Å². The summed E-state index contributed by atoms with van der Waals surface area (Å²) in [5.74, 6) is 1.17. The van der Waals surface area contributed by atoms with Crippen molar-refractivity contribution in [3.05, 3.63) is 77.1 Å². The zero-order valence-electron chi connectivity index (χ0n) is 14.4. The lowest BCUT2D eigenvalue weighted by atomic mass is 9.97. The van der Waals surface area contributed by atoms with Gasteiger partial charge >= 0.3 is 0 Å². The molecule has 126 valence electrons. The van der Waals surface area contributed by atoms with Gasteiger partial charge < -0.3 is 4.74 Å². The fraction of sp³-hybridized carbons (Fsp3) is 0.238. The van der Waals surface area contributed by atoms with E-state index >= 15 is 0 Å². The lowest BCUT2D eigenvalue weighted by Gasteiger charge is -2.13. The van der Waals surface area contributed by atoms with Crippen LogP contribution in [0.3, 0.4) is 0 Å². The second kappa shape index (κ2) is 6.20. The first-order chi connectivity index (χ1) is 12.1. The van der Waals surface area contributed by atoms with Crippen molar-refractivity contribution in [2.75, 3.05) is 0 Å². The molecule has 0 aliphatic heterocycles. The van der Waals surface area contributed by atoms with Crippen LogP contribution in [0.4, 0.5) is 0 Å². The van der Waals surface area contributed by atoms with Crippen LogP contribution < -0.4 is 4.74 Å². The highest BCUT2D eigenvalue weighted by Crippen LogP contribution is 2.40. The van der Waals surface area contributed by atoms with Crippen LogP contribution in [-0.4, -0.2) is 15.6 Å². The van der Waals surface area contributed by atoms with E-state index in [1.165, 1.54) is 5.56 Å². The number of benzene rings is 2. The third kappa shape index (κ3) is 2.84. The van der Waals surface area contributed by atoms with E-state index < -0.39 is 0 Å². The lowest BCUT2D eigenvalue weighted by Crippen LogP contribution is -2.03. The number of fused-ring (bicyclic) bond motifs is 1. The molecule has 0 N–H and O–H groups in total. The number of ether oxygens (including phenoxy) is 1. The monoisotopic (exact) mass is 332 g/mol. The number of aryl methyl sites for hydroxylation is 1. The molecule has 0 spiro atoms. The normalized spacial score (nSPS) is 16.1. The van der Waals surface area contributed by atoms with E-state index in [4.69, 9.17) is 4.74 Å². The van der Waals surface area contributed by atoms with Crippen LogP contribution in [0.25, 0.3) is 5.69 Å². The van der Waals surface area contributed by atoms with Crippen molar-refractivity contribution in [1.29, 1.82) is 0 Å². The van der Waals surface area contributed by atoms with Crippen molar-refractivity contribution in [3.63, 3.8) is 0 Å². The van der Waals surface area contributed by atoms with Crippen LogP contribution in [-0.2, 0) is 6.61 Å². The average Bonchev–Trinajstić information content (AvgIpc) is 3.24. The van der Waals surface area contributed by atoms with Crippen molar-refractivity contribution < 1.29 is 9.53 Å². The molecule has 1 aromatic heterocycles. The van der Waals surface area contributed by atoms with Crippen LogP contribution in [0.1, 0.15) is 46.3 Å². The van der Waals surface area contributed by atoms with E-state index in [-0.39, 0.29) is 11.7 Å². The number of nitrogens with zero attached hydrogens (tertiary/aromatic N) is 2. The van der Waals surface area contributed by atoms with Crippen LogP contribution >= 0.6 is 0 Å². The molecule has 1 aliphatic rings. The third-order valence-corrected chi connectivity index (χ3v) is 4.79. The number of aromatic nitrogens is 2. The van der Waals surface area contributed by atoms with Gasteiger partial charge in [0.05, 0.1) is 11.3 Å². The summed E-state index contributed by atoms with van der Waals surface area (Å²) in [6.45, 7) is 4.61. The summed E-state index contributed by atoms with van der Waals surface area (Å²) in [6, 6.07) is 13.9. The van der Waals surface area contributed by atoms with Crippen LogP contribution in [0.5, 0.6) is 5.75 Å². The van der Waals surface area contributed by atoms with Crippen molar-refractivity contribution >= 4 is 5.78 Å². The molecular weight excluding hydrogens is 312 g/mol. The highest BCUT2D eigenvalue weighted by Gasteiger charge is 2.31. The fourth-order valence-electron chi connectivity index (χ4n) is 3.56. The van der Waals surface area contributed by atoms with E-state index in [0.717, 1.165) is 22.4 Å². The number of hydrogen-bond acceptors (Lipinski definition) is 3. The third-order valence-electron chi connectivity index (χ3n) is 4.79. The van der Waals surface area contributed by atoms with Gasteiger partial charge in [0.2, 0.25) is 0 Å². The van der Waals surface area contributed by atoms with Crippen molar-refractivity contribution in [2.45, 2.75) is 32.8 Å². The molecule has 0 saturated carbocycles. The van der Waals surface area contributed by atoms with Gasteiger partial charge in [-0.15, -0.1) is 0 Å². The SMILES string of the molecule is Cc1ccc(OCc2ccc(-n3cccn3)cc2)c2c1[C@H](C)CC2=O. The summed E-state index contributed by atoms with van der Waals surface area (Å²) in [6.07, 6.45) is 4.25. The molecule has 0 unspecified atom stereocenters. The van der Waals surface area contributed by atoms with Gasteiger partial charge in [-0.1, -0.05) is 25.1 Å². The summed E-state index contributed by atoms with van der Waals surface area (Å²) < 4.78 is 7.81. The predicted octanol–water partition coefficient (Wildman–Crippen LogP) is 4.45. The van der Waals surface area contributed by atoms with Gasteiger partial charge in [-0.2, -0.15) is 5.10 Å². The summed E-state index contributed by atoms with van der Waals surface area (Å²) in [5.41, 5.74) is 5.17. The van der Waals surface area contributed by atoms with Crippen molar-refractivity contribution in [2.24, 2.45) is 0 Å². The maximum Gasteiger partial charge on any atom is 0.167 e. The highest BCUT2D eigenvalue weighted by atomic mass is 16.5. The molecule has 0 bridgehead atoms. The smallest absolute Gasteiger partial charge is 0.167 e. The lowest BCUT2D eigenvalue weighted by molar-refractivity contribution is 0.0986. The molecule has 0 radical (unpaired) electrons. The molecule has 25 heavy (non-hydrogen) atoms. The minimum Gasteiger partial charge on any atom is -0.488 e. The Morgan fingerprint density at radius 3 is 2.72 bits per heavy atom. The Morgan fingerprint density at radius 2 is 2.00 bits per heavy atom. The first-order valence-electron chi connectivity index (χ1n) is 8.52. The zero-order chi connectivity index (χ0) is 17.4. The van der Waals surface area contributed by atoms with Gasteiger partial charge in [-0.3, -0.25) is 4.79 Å². The summed E-state index contributed by atoms with van der Waals surface area (Å²) in [7, 11) is 0. The molecule has 4 nitrogen and oxygen atoms in total. The second-order valence-electron chi connectivity index (χ2n) is 6.60. The Bertz CT molecular complexity index is 912. The fourth-order valence-corrected chi connectivity index (χ4v) is 3.56. The minimum absolute atomic E-state index is 0.190. The van der Waals surface area contributed by atoms with Gasteiger partial charge in [-0.25, -0.2) is 4.68 Å². The van der Waals surface area contributed by atoms with E-state index in [2.05, 4.69) is 18.9 Å². The van der Waals surface area contributed by atoms with Crippen LogP contribution in [0, 0.1) is 6.92 Å². The van der Waals surface area contributed by atoms with Gasteiger partial charge in [0.15, 0.2) is 5.78 Å². The first kappa shape index (κ1) is 15.6. The number of rotatable bonds is 4. The minimum atomic E-state index is 0.190. The molecule has 4 heteroatoms. The first-order valence-corrected chi connectivity index (χ1v) is 8.52. The van der Waals surface area contributed by atoms with Crippen LogP contribution in [0.15, 0.2) is 54.9 Å². The number of hydrogen-bond donors (Lipinski definition) is 0. The second-order valence-corrected chi connectivity index (χ2v) is 6.60. The number of carbonyl (C=O) groups is 1. The largest absolute Gasteiger partial charge is 0.488 e. The van der Waals surface area contributed by atoms with Gasteiger partial charge in [0.25, 0.3) is 0 Å². The van der Waals surface area contributed by atoms with Gasteiger partial charge in [-0.05, 0) is 53.8 Å². The molecular formula is C21H20N2O2. The summed E-state index contributed by atoms with van der Waals surface area (Å²) in [4.78, 5) is 12.3. The number of ketones is 1. The maximum absolute atomic E-state index is 12.3. The summed E-state index contributed by atoms with van der Waals surface area (Å²) in [5, 5.41) is 4.22. The molecule has 0 fully saturated rings. The maximum atomic E-state index is 12.3. The highest BCUT2D eigenvalue weighted by molar-refractivity contribution is 6.04. The zero-order valence-corrected chi connectivity index (χ0v) is 14.4. The number of Topliss-reactive ketones (excluding diaryl/α,β-unsaturated/α-hetero) is 1. The Hall–Kier alpha value is -2.88. The topological polar surface area (TPSA) is 44.1 Å². The van der Waals surface area contributed by atoms with Crippen molar-refractivity contribution in [1.82, 2.24) is 9.78 Å². The van der Waals surface area contributed by atoms with Gasteiger partial charge in [0, 0.05) is 18.8 Å². The molecule has 3 aromatic rings. The predicted molar refractivity (Wildman–Crippen MR) is 96.4 cm³/mol.